The van der Waals surface area contributed by atoms with Crippen LogP contribution in [0.4, 0.5) is 0 Å². The average molecular weight is 390 g/mol. The number of nitrogens with zero attached hydrogens (tertiary/aromatic N) is 3. The smallest absolute Gasteiger partial charge is 0.236 e. The molecule has 28 heavy (non-hydrogen) atoms. The van der Waals surface area contributed by atoms with Crippen molar-refractivity contribution >= 4 is 5.91 Å². The third-order valence-corrected chi connectivity index (χ3v) is 6.07. The second-order valence-electron chi connectivity index (χ2n) is 8.27. The molecule has 2 aliphatic rings. The fourth-order valence-electron chi connectivity index (χ4n) is 4.25. The lowest BCUT2D eigenvalue weighted by molar-refractivity contribution is -0.134. The number of hydrogen-bond donors (Lipinski definition) is 0. The Hall–Kier alpha value is -1.79. The number of hydrogen-bond acceptors (Lipinski definition) is 5. The molecule has 0 unspecified atom stereocenters. The van der Waals surface area contributed by atoms with E-state index in [0.717, 1.165) is 63.7 Å². The zero-order valence-corrected chi connectivity index (χ0v) is 17.9. The van der Waals surface area contributed by atoms with Crippen molar-refractivity contribution in [3.63, 3.8) is 0 Å². The van der Waals surface area contributed by atoms with Gasteiger partial charge >= 0.3 is 0 Å². The van der Waals surface area contributed by atoms with Crippen molar-refractivity contribution in [1.29, 1.82) is 0 Å². The number of rotatable bonds is 6. The summed E-state index contributed by atoms with van der Waals surface area (Å²) in [7, 11) is 3.35. The first-order valence-corrected chi connectivity index (χ1v) is 10.4. The van der Waals surface area contributed by atoms with Gasteiger partial charge in [-0.25, -0.2) is 0 Å². The van der Waals surface area contributed by atoms with Gasteiger partial charge in [0.05, 0.1) is 20.8 Å². The summed E-state index contributed by atoms with van der Waals surface area (Å²) in [5, 5.41) is 0. The van der Waals surface area contributed by atoms with Crippen LogP contribution < -0.4 is 9.47 Å². The summed E-state index contributed by atoms with van der Waals surface area (Å²) in [5.74, 6) is 2.50. The van der Waals surface area contributed by atoms with Crippen LogP contribution in [0.1, 0.15) is 30.9 Å². The molecule has 1 aromatic rings. The standard InChI is InChI=1S/C22H35N3O3/c1-17-6-5-7-25(14-17)22(26)16-24-10-8-23(9-11-24)15-19-13-21(28-4)20(27-3)12-18(19)2/h12-13,17H,5-11,14-16H2,1-4H3/t17-/m0/s1. The minimum atomic E-state index is 0.302. The third-order valence-electron chi connectivity index (χ3n) is 6.07. The normalized spacial score (nSPS) is 21.6. The van der Waals surface area contributed by atoms with Gasteiger partial charge in [-0.15, -0.1) is 0 Å². The predicted molar refractivity (Wildman–Crippen MR) is 111 cm³/mol. The summed E-state index contributed by atoms with van der Waals surface area (Å²) in [6.45, 7) is 11.5. The number of benzene rings is 1. The lowest BCUT2D eigenvalue weighted by atomic mass is 10.0. The van der Waals surface area contributed by atoms with Crippen molar-refractivity contribution in [1.82, 2.24) is 14.7 Å². The van der Waals surface area contributed by atoms with E-state index in [0.29, 0.717) is 18.4 Å². The molecular weight excluding hydrogens is 354 g/mol. The molecule has 0 radical (unpaired) electrons. The molecule has 3 rings (SSSR count). The number of methoxy groups -OCH3 is 2. The van der Waals surface area contributed by atoms with E-state index >= 15 is 0 Å². The van der Waals surface area contributed by atoms with Crippen molar-refractivity contribution in [2.45, 2.75) is 33.2 Å². The van der Waals surface area contributed by atoms with Gasteiger partial charge in [-0.05, 0) is 48.9 Å². The molecule has 2 saturated heterocycles. The molecule has 6 nitrogen and oxygen atoms in total. The van der Waals surface area contributed by atoms with Crippen molar-refractivity contribution < 1.29 is 14.3 Å². The van der Waals surface area contributed by atoms with Crippen LogP contribution >= 0.6 is 0 Å². The van der Waals surface area contributed by atoms with Crippen LogP contribution in [0.15, 0.2) is 12.1 Å². The Kier molecular flexibility index (Phi) is 7.18. The monoisotopic (exact) mass is 389 g/mol. The number of carbonyl (C=O) groups is 1. The highest BCUT2D eigenvalue weighted by Gasteiger charge is 2.25. The Bertz CT molecular complexity index is 671. The fraction of sp³-hybridized carbons (Fsp3) is 0.682. The Balaban J connectivity index is 1.50. The minimum absolute atomic E-state index is 0.302. The van der Waals surface area contributed by atoms with Gasteiger partial charge in [-0.3, -0.25) is 14.6 Å². The number of likely N-dealkylation sites (tertiary alicyclic amines) is 1. The van der Waals surface area contributed by atoms with Crippen LogP contribution in [0.5, 0.6) is 11.5 Å². The lowest BCUT2D eigenvalue weighted by Crippen LogP contribution is -2.51. The molecule has 0 aliphatic carbocycles. The van der Waals surface area contributed by atoms with Gasteiger partial charge in [0.1, 0.15) is 0 Å². The minimum Gasteiger partial charge on any atom is -0.493 e. The van der Waals surface area contributed by atoms with Crippen molar-refractivity contribution in [2.75, 3.05) is 60.0 Å². The summed E-state index contributed by atoms with van der Waals surface area (Å²) in [6.07, 6.45) is 2.39. The second kappa shape index (κ2) is 9.61. The highest BCUT2D eigenvalue weighted by Crippen LogP contribution is 2.31. The van der Waals surface area contributed by atoms with E-state index in [1.807, 2.05) is 6.07 Å². The van der Waals surface area contributed by atoms with E-state index in [1.165, 1.54) is 17.5 Å². The van der Waals surface area contributed by atoms with Crippen LogP contribution in [0.3, 0.4) is 0 Å². The molecule has 6 heteroatoms. The average Bonchev–Trinajstić information content (AvgIpc) is 2.70. The van der Waals surface area contributed by atoms with Crippen molar-refractivity contribution in [3.8, 4) is 11.5 Å². The van der Waals surface area contributed by atoms with Crippen LogP contribution in [-0.4, -0.2) is 80.6 Å². The molecule has 1 amide bonds. The molecule has 2 fully saturated rings. The fourth-order valence-corrected chi connectivity index (χ4v) is 4.25. The highest BCUT2D eigenvalue weighted by atomic mass is 16.5. The topological polar surface area (TPSA) is 45.2 Å². The molecular formula is C22H35N3O3. The Labute approximate surface area is 169 Å². The number of carbonyl (C=O) groups excluding carboxylic acids is 1. The first-order chi connectivity index (χ1) is 13.5. The summed E-state index contributed by atoms with van der Waals surface area (Å²) >= 11 is 0. The SMILES string of the molecule is COc1cc(C)c(CN2CCN(CC(=O)N3CCC[C@H](C)C3)CC2)cc1OC. The van der Waals surface area contributed by atoms with E-state index in [-0.39, 0.29) is 0 Å². The molecule has 2 heterocycles. The zero-order valence-electron chi connectivity index (χ0n) is 17.9. The number of ether oxygens (including phenoxy) is 2. The summed E-state index contributed by atoms with van der Waals surface area (Å²) in [4.78, 5) is 19.4. The van der Waals surface area contributed by atoms with E-state index in [9.17, 15) is 4.79 Å². The van der Waals surface area contributed by atoms with Crippen molar-refractivity contribution in [3.05, 3.63) is 23.3 Å². The summed E-state index contributed by atoms with van der Waals surface area (Å²) in [6, 6.07) is 4.13. The molecule has 0 N–H and O–H groups in total. The number of piperidine rings is 1. The largest absolute Gasteiger partial charge is 0.493 e. The van der Waals surface area contributed by atoms with E-state index in [2.05, 4.69) is 34.6 Å². The summed E-state index contributed by atoms with van der Waals surface area (Å²) in [5.41, 5.74) is 2.49. The van der Waals surface area contributed by atoms with Gasteiger partial charge in [-0.2, -0.15) is 0 Å². The maximum atomic E-state index is 12.6. The Morgan fingerprint density at radius 3 is 2.32 bits per heavy atom. The summed E-state index contributed by atoms with van der Waals surface area (Å²) < 4.78 is 10.8. The van der Waals surface area contributed by atoms with E-state index in [4.69, 9.17) is 9.47 Å². The van der Waals surface area contributed by atoms with Gasteiger partial charge in [0.2, 0.25) is 5.91 Å². The molecule has 0 spiro atoms. The van der Waals surface area contributed by atoms with Gasteiger partial charge in [0.25, 0.3) is 0 Å². The highest BCUT2D eigenvalue weighted by molar-refractivity contribution is 5.78. The first-order valence-electron chi connectivity index (χ1n) is 10.4. The molecule has 1 aromatic carbocycles. The van der Waals surface area contributed by atoms with E-state index < -0.39 is 0 Å². The molecule has 0 saturated carbocycles. The maximum Gasteiger partial charge on any atom is 0.236 e. The molecule has 1 atom stereocenters. The second-order valence-corrected chi connectivity index (χ2v) is 8.27. The van der Waals surface area contributed by atoms with E-state index in [1.54, 1.807) is 14.2 Å². The molecule has 0 aromatic heterocycles. The van der Waals surface area contributed by atoms with Crippen LogP contribution in [0.25, 0.3) is 0 Å². The molecule has 156 valence electrons. The predicted octanol–water partition coefficient (Wildman–Crippen LogP) is 2.39. The Morgan fingerprint density at radius 2 is 1.68 bits per heavy atom. The van der Waals surface area contributed by atoms with Crippen LogP contribution in [0, 0.1) is 12.8 Å². The van der Waals surface area contributed by atoms with Gasteiger partial charge in [-0.1, -0.05) is 6.92 Å². The lowest BCUT2D eigenvalue weighted by Gasteiger charge is -2.37. The number of amides is 1. The quantitative estimate of drug-likeness (QED) is 0.748. The maximum absolute atomic E-state index is 12.6. The molecule has 2 aliphatic heterocycles. The molecule has 0 bridgehead atoms. The number of piperazine rings is 1. The Morgan fingerprint density at radius 1 is 1.04 bits per heavy atom. The van der Waals surface area contributed by atoms with Gasteiger partial charge in [0.15, 0.2) is 11.5 Å². The van der Waals surface area contributed by atoms with Crippen LogP contribution in [0.2, 0.25) is 0 Å². The number of aryl methyl sites for hydroxylation is 1. The van der Waals surface area contributed by atoms with Gasteiger partial charge in [0, 0.05) is 45.8 Å². The third kappa shape index (κ3) is 5.17. The first kappa shape index (κ1) is 20.9. The van der Waals surface area contributed by atoms with Crippen molar-refractivity contribution in [2.24, 2.45) is 5.92 Å². The van der Waals surface area contributed by atoms with Crippen LogP contribution in [-0.2, 0) is 11.3 Å². The van der Waals surface area contributed by atoms with Gasteiger partial charge < -0.3 is 14.4 Å². The zero-order chi connectivity index (χ0) is 20.1.